The summed E-state index contributed by atoms with van der Waals surface area (Å²) in [5.74, 6) is 1.25. The van der Waals surface area contributed by atoms with Crippen molar-refractivity contribution >= 4 is 15.7 Å². The highest BCUT2D eigenvalue weighted by atomic mass is 32.2. The third-order valence-corrected chi connectivity index (χ3v) is 4.43. The van der Waals surface area contributed by atoms with Crippen LogP contribution in [0.25, 0.3) is 0 Å². The van der Waals surface area contributed by atoms with Crippen LogP contribution >= 0.6 is 0 Å². The Bertz CT molecular complexity index is 711. The number of anilines is 1. The number of benzene rings is 2. The maximum Gasteiger partial charge on any atom is 0.261 e. The van der Waals surface area contributed by atoms with Crippen LogP contribution in [0.1, 0.15) is 0 Å². The van der Waals surface area contributed by atoms with Crippen molar-refractivity contribution in [1.82, 2.24) is 0 Å². The fraction of sp³-hybridized carbons (Fsp3) is 0.250. The Kier molecular flexibility index (Phi) is 5.84. The molecule has 0 aliphatic carbocycles. The molecule has 0 aliphatic heterocycles. The van der Waals surface area contributed by atoms with Crippen LogP contribution in [0.15, 0.2) is 53.4 Å². The number of hydrogen-bond acceptors (Lipinski definition) is 5. The molecule has 0 spiro atoms. The highest BCUT2D eigenvalue weighted by molar-refractivity contribution is 7.92. The van der Waals surface area contributed by atoms with Crippen molar-refractivity contribution in [3.63, 3.8) is 0 Å². The largest absolute Gasteiger partial charge is 0.497 e. The molecule has 0 radical (unpaired) electrons. The van der Waals surface area contributed by atoms with Crippen molar-refractivity contribution in [2.45, 2.75) is 4.90 Å². The average molecular weight is 337 g/mol. The molecule has 6 nitrogen and oxygen atoms in total. The van der Waals surface area contributed by atoms with E-state index >= 15 is 0 Å². The van der Waals surface area contributed by atoms with Gasteiger partial charge in [0.15, 0.2) is 0 Å². The third kappa shape index (κ3) is 4.87. The smallest absolute Gasteiger partial charge is 0.261 e. The summed E-state index contributed by atoms with van der Waals surface area (Å²) in [7, 11) is -0.515. The monoisotopic (exact) mass is 337 g/mol. The lowest BCUT2D eigenvalue weighted by atomic mass is 10.3. The summed E-state index contributed by atoms with van der Waals surface area (Å²) in [5, 5.41) is 0. The molecule has 0 atom stereocenters. The molecule has 0 heterocycles. The van der Waals surface area contributed by atoms with E-state index in [0.717, 1.165) is 0 Å². The zero-order valence-electron chi connectivity index (χ0n) is 13.0. The molecule has 2 aromatic carbocycles. The third-order valence-electron chi connectivity index (χ3n) is 3.03. The van der Waals surface area contributed by atoms with E-state index in [1.54, 1.807) is 43.5 Å². The van der Waals surface area contributed by atoms with Gasteiger partial charge >= 0.3 is 0 Å². The number of hydrogen-bond donors (Lipinski definition) is 1. The zero-order chi connectivity index (χ0) is 16.7. The second-order valence-electron chi connectivity index (χ2n) is 4.65. The molecule has 7 heteroatoms. The predicted molar refractivity (Wildman–Crippen MR) is 87.6 cm³/mol. The lowest BCUT2D eigenvalue weighted by molar-refractivity contribution is 0.146. The van der Waals surface area contributed by atoms with Gasteiger partial charge in [0.2, 0.25) is 0 Å². The molecule has 0 saturated heterocycles. The molecule has 2 aromatic rings. The minimum absolute atomic E-state index is 0.165. The lowest BCUT2D eigenvalue weighted by Crippen LogP contribution is -2.12. The van der Waals surface area contributed by atoms with Gasteiger partial charge in [-0.2, -0.15) is 0 Å². The van der Waals surface area contributed by atoms with Crippen LogP contribution in [-0.2, 0) is 14.8 Å². The molecule has 0 aliphatic rings. The lowest BCUT2D eigenvalue weighted by Gasteiger charge is -2.10. The van der Waals surface area contributed by atoms with Crippen molar-refractivity contribution in [1.29, 1.82) is 0 Å². The second kappa shape index (κ2) is 7.85. The summed E-state index contributed by atoms with van der Waals surface area (Å²) in [6.45, 7) is 0.930. The number of sulfonamides is 1. The highest BCUT2D eigenvalue weighted by Gasteiger charge is 2.14. The van der Waals surface area contributed by atoms with Crippen molar-refractivity contribution in [2.24, 2.45) is 0 Å². The first-order chi connectivity index (χ1) is 11.0. The SMILES string of the molecule is COCCOc1ccc(NS(=O)(=O)c2ccc(OC)cc2)cc1. The number of methoxy groups -OCH3 is 2. The second-order valence-corrected chi connectivity index (χ2v) is 6.33. The van der Waals surface area contributed by atoms with E-state index in [1.165, 1.54) is 19.2 Å². The first-order valence-corrected chi connectivity index (χ1v) is 8.42. The average Bonchev–Trinajstić information content (AvgIpc) is 2.56. The molecular weight excluding hydrogens is 318 g/mol. The molecule has 0 unspecified atom stereocenters. The van der Waals surface area contributed by atoms with Crippen molar-refractivity contribution in [3.05, 3.63) is 48.5 Å². The van der Waals surface area contributed by atoms with E-state index in [2.05, 4.69) is 4.72 Å². The van der Waals surface area contributed by atoms with E-state index in [0.29, 0.717) is 30.4 Å². The van der Waals surface area contributed by atoms with Crippen LogP contribution in [0.4, 0.5) is 5.69 Å². The van der Waals surface area contributed by atoms with Crippen molar-refractivity contribution in [2.75, 3.05) is 32.2 Å². The molecule has 0 aromatic heterocycles. The van der Waals surface area contributed by atoms with E-state index in [1.807, 2.05) is 0 Å². The fourth-order valence-corrected chi connectivity index (χ4v) is 2.89. The molecule has 2 rings (SSSR count). The molecule has 0 amide bonds. The minimum Gasteiger partial charge on any atom is -0.497 e. The predicted octanol–water partition coefficient (Wildman–Crippen LogP) is 2.52. The fourth-order valence-electron chi connectivity index (χ4n) is 1.83. The van der Waals surface area contributed by atoms with Gasteiger partial charge in [0.05, 0.1) is 18.6 Å². The molecule has 23 heavy (non-hydrogen) atoms. The first-order valence-electron chi connectivity index (χ1n) is 6.94. The van der Waals surface area contributed by atoms with Gasteiger partial charge in [-0.3, -0.25) is 4.72 Å². The van der Waals surface area contributed by atoms with Crippen LogP contribution in [0.2, 0.25) is 0 Å². The normalized spacial score (nSPS) is 11.0. The number of rotatable bonds is 8. The van der Waals surface area contributed by atoms with Gasteiger partial charge < -0.3 is 14.2 Å². The Morgan fingerprint density at radius 1 is 0.870 bits per heavy atom. The standard InChI is InChI=1S/C16H19NO5S/c1-20-11-12-22-15-5-3-13(4-6-15)17-23(18,19)16-9-7-14(21-2)8-10-16/h3-10,17H,11-12H2,1-2H3. The van der Waals surface area contributed by atoms with E-state index in [-0.39, 0.29) is 4.90 Å². The van der Waals surface area contributed by atoms with Gasteiger partial charge in [-0.25, -0.2) is 8.42 Å². The molecule has 1 N–H and O–H groups in total. The summed E-state index contributed by atoms with van der Waals surface area (Å²) < 4.78 is 42.4. The van der Waals surface area contributed by atoms with Crippen LogP contribution < -0.4 is 14.2 Å². The summed E-state index contributed by atoms with van der Waals surface area (Å²) in [6.07, 6.45) is 0. The Morgan fingerprint density at radius 2 is 1.48 bits per heavy atom. The van der Waals surface area contributed by atoms with Crippen LogP contribution in [0, 0.1) is 0 Å². The summed E-state index contributed by atoms with van der Waals surface area (Å²) >= 11 is 0. The van der Waals surface area contributed by atoms with E-state index in [4.69, 9.17) is 14.2 Å². The van der Waals surface area contributed by atoms with Gasteiger partial charge in [0.1, 0.15) is 18.1 Å². The summed E-state index contributed by atoms with van der Waals surface area (Å²) in [4.78, 5) is 0.165. The highest BCUT2D eigenvalue weighted by Crippen LogP contribution is 2.21. The Balaban J connectivity index is 2.04. The molecule has 0 fully saturated rings. The van der Waals surface area contributed by atoms with E-state index < -0.39 is 10.0 Å². The van der Waals surface area contributed by atoms with E-state index in [9.17, 15) is 8.42 Å². The summed E-state index contributed by atoms with van der Waals surface area (Å²) in [5.41, 5.74) is 0.458. The topological polar surface area (TPSA) is 73.9 Å². The van der Waals surface area contributed by atoms with Crippen LogP contribution in [0.3, 0.4) is 0 Å². The quantitative estimate of drug-likeness (QED) is 0.749. The zero-order valence-corrected chi connectivity index (χ0v) is 13.8. The Morgan fingerprint density at radius 3 is 2.04 bits per heavy atom. The van der Waals surface area contributed by atoms with Crippen LogP contribution in [0.5, 0.6) is 11.5 Å². The number of nitrogens with one attached hydrogen (secondary N) is 1. The Hall–Kier alpha value is -2.25. The summed E-state index contributed by atoms with van der Waals surface area (Å²) in [6, 6.07) is 12.9. The maximum atomic E-state index is 12.3. The van der Waals surface area contributed by atoms with Crippen molar-refractivity contribution < 1.29 is 22.6 Å². The van der Waals surface area contributed by atoms with Gasteiger partial charge in [0, 0.05) is 12.8 Å². The molecule has 0 saturated carbocycles. The van der Waals surface area contributed by atoms with Gasteiger partial charge in [-0.15, -0.1) is 0 Å². The van der Waals surface area contributed by atoms with Crippen LogP contribution in [-0.4, -0.2) is 35.9 Å². The number of ether oxygens (including phenoxy) is 3. The minimum atomic E-state index is -3.64. The molecule has 0 bridgehead atoms. The van der Waals surface area contributed by atoms with Gasteiger partial charge in [0.25, 0.3) is 10.0 Å². The Labute approximate surface area is 136 Å². The van der Waals surface area contributed by atoms with Gasteiger partial charge in [-0.1, -0.05) is 0 Å². The maximum absolute atomic E-state index is 12.3. The van der Waals surface area contributed by atoms with Gasteiger partial charge in [-0.05, 0) is 48.5 Å². The molecule has 124 valence electrons. The van der Waals surface area contributed by atoms with Crippen molar-refractivity contribution in [3.8, 4) is 11.5 Å². The molecular formula is C16H19NO5S. The first kappa shape index (κ1) is 17.1.